The van der Waals surface area contributed by atoms with Crippen molar-refractivity contribution in [3.05, 3.63) is 11.1 Å². The van der Waals surface area contributed by atoms with Gasteiger partial charge in [-0.2, -0.15) is 0 Å². The molecule has 0 spiro atoms. The van der Waals surface area contributed by atoms with Crippen LogP contribution in [-0.4, -0.2) is 44.9 Å². The third-order valence-corrected chi connectivity index (χ3v) is 3.20. The van der Waals surface area contributed by atoms with Gasteiger partial charge in [0.15, 0.2) is 5.69 Å². The first-order valence-electron chi connectivity index (χ1n) is 7.06. The third-order valence-electron chi connectivity index (χ3n) is 2.69. The van der Waals surface area contributed by atoms with Crippen LogP contribution in [0.15, 0.2) is 5.38 Å². The van der Waals surface area contributed by atoms with Gasteiger partial charge in [0.1, 0.15) is 0 Å². The number of nitrogens with one attached hydrogen (secondary N) is 1. The molecule has 1 aromatic rings. The zero-order valence-corrected chi connectivity index (χ0v) is 14.2. The molecule has 0 saturated carbocycles. The van der Waals surface area contributed by atoms with Crippen LogP contribution in [0.4, 0.5) is 0 Å². The van der Waals surface area contributed by atoms with Crippen LogP contribution in [0, 0.1) is 5.92 Å². The average Bonchev–Trinajstić information content (AvgIpc) is 2.84. The molecule has 0 bridgehead atoms. The Bertz CT molecular complexity index is 466. The Balaban J connectivity index is 2.73. The zero-order valence-electron chi connectivity index (χ0n) is 13.3. The molecule has 0 aliphatic heterocycles. The third kappa shape index (κ3) is 6.66. The van der Waals surface area contributed by atoms with Crippen LogP contribution in [0.25, 0.3) is 0 Å². The van der Waals surface area contributed by atoms with Gasteiger partial charge in [-0.1, -0.05) is 18.3 Å². The minimum atomic E-state index is -0.313. The molecule has 0 unspecified atom stereocenters. The van der Waals surface area contributed by atoms with Crippen molar-refractivity contribution in [1.29, 1.82) is 0 Å². The summed E-state index contributed by atoms with van der Waals surface area (Å²) in [5.74, 6) is 0.0517. The molecule has 0 atom stereocenters. The Labute approximate surface area is 130 Å². The second-order valence-corrected chi connectivity index (χ2v) is 7.11. The lowest BCUT2D eigenvalue weighted by Gasteiger charge is -2.26. The summed E-state index contributed by atoms with van der Waals surface area (Å²) in [4.78, 5) is 26.0. The van der Waals surface area contributed by atoms with Crippen LogP contribution in [-0.2, 0) is 4.79 Å². The minimum Gasteiger partial charge on any atom is -0.350 e. The van der Waals surface area contributed by atoms with Crippen molar-refractivity contribution < 1.29 is 9.59 Å². The summed E-state index contributed by atoms with van der Waals surface area (Å²) < 4.78 is 3.70. The molecule has 21 heavy (non-hydrogen) atoms. The number of hydrogen-bond donors (Lipinski definition) is 1. The van der Waals surface area contributed by atoms with E-state index < -0.39 is 0 Å². The molecule has 0 fully saturated rings. The quantitative estimate of drug-likeness (QED) is 0.871. The summed E-state index contributed by atoms with van der Waals surface area (Å²) in [6, 6.07) is 0. The van der Waals surface area contributed by atoms with Crippen LogP contribution >= 0.6 is 11.5 Å². The highest BCUT2D eigenvalue weighted by Gasteiger charge is 2.23. The fourth-order valence-corrected chi connectivity index (χ4v) is 2.15. The Hall–Kier alpha value is -1.50. The van der Waals surface area contributed by atoms with E-state index in [1.807, 2.05) is 20.8 Å². The summed E-state index contributed by atoms with van der Waals surface area (Å²) in [5.41, 5.74) is -0.0150. The fourth-order valence-electron chi connectivity index (χ4n) is 1.72. The van der Waals surface area contributed by atoms with Gasteiger partial charge in [-0.25, -0.2) is 0 Å². The molecule has 1 heterocycles. The molecule has 2 amide bonds. The van der Waals surface area contributed by atoms with Crippen molar-refractivity contribution in [2.24, 2.45) is 5.92 Å². The molecule has 1 rings (SSSR count). The van der Waals surface area contributed by atoms with Crippen molar-refractivity contribution in [1.82, 2.24) is 19.8 Å². The molecule has 6 nitrogen and oxygen atoms in total. The average molecular weight is 312 g/mol. The van der Waals surface area contributed by atoms with E-state index in [1.165, 1.54) is 4.90 Å². The number of hydrogen-bond acceptors (Lipinski definition) is 5. The molecule has 0 aliphatic rings. The number of carbonyl (C=O) groups excluding carboxylic acids is 2. The molecule has 118 valence electrons. The first kappa shape index (κ1) is 17.6. The summed E-state index contributed by atoms with van der Waals surface area (Å²) in [5, 5.41) is 8.27. The van der Waals surface area contributed by atoms with Crippen LogP contribution in [0.2, 0.25) is 0 Å². The topological polar surface area (TPSA) is 75.2 Å². The van der Waals surface area contributed by atoms with E-state index >= 15 is 0 Å². The first-order valence-corrected chi connectivity index (χ1v) is 7.90. The maximum absolute atomic E-state index is 12.4. The molecule has 0 saturated heterocycles. The number of nitrogens with zero attached hydrogens (tertiary/aromatic N) is 3. The van der Waals surface area contributed by atoms with Crippen molar-refractivity contribution in [3.8, 4) is 0 Å². The van der Waals surface area contributed by atoms with Gasteiger partial charge in [-0.05, 0) is 44.6 Å². The molecule has 0 radical (unpaired) electrons. The largest absolute Gasteiger partial charge is 0.350 e. The van der Waals surface area contributed by atoms with E-state index in [0.29, 0.717) is 18.2 Å². The highest BCUT2D eigenvalue weighted by atomic mass is 32.1. The Morgan fingerprint density at radius 3 is 2.52 bits per heavy atom. The maximum Gasteiger partial charge on any atom is 0.275 e. The SMILES string of the molecule is CC(C)CCN(CC(=O)NC(C)(C)C)C(=O)c1csnn1. The van der Waals surface area contributed by atoms with Gasteiger partial charge in [0.2, 0.25) is 5.91 Å². The smallest absolute Gasteiger partial charge is 0.275 e. The number of amides is 2. The summed E-state index contributed by atoms with van der Waals surface area (Å²) in [7, 11) is 0. The van der Waals surface area contributed by atoms with E-state index in [2.05, 4.69) is 28.8 Å². The predicted octanol–water partition coefficient (Wildman–Crippen LogP) is 1.94. The monoisotopic (exact) mass is 312 g/mol. The van der Waals surface area contributed by atoms with E-state index in [0.717, 1.165) is 18.0 Å². The maximum atomic E-state index is 12.4. The van der Waals surface area contributed by atoms with E-state index in [-0.39, 0.29) is 23.9 Å². The van der Waals surface area contributed by atoms with E-state index in [4.69, 9.17) is 0 Å². The molecule has 1 aromatic heterocycles. The van der Waals surface area contributed by atoms with Gasteiger partial charge in [-0.3, -0.25) is 9.59 Å². The predicted molar refractivity (Wildman–Crippen MR) is 83.2 cm³/mol. The van der Waals surface area contributed by atoms with Gasteiger partial charge in [-0.15, -0.1) is 5.10 Å². The van der Waals surface area contributed by atoms with Gasteiger partial charge in [0.25, 0.3) is 5.91 Å². The number of carbonyl (C=O) groups is 2. The van der Waals surface area contributed by atoms with Crippen molar-refractivity contribution >= 4 is 23.3 Å². The van der Waals surface area contributed by atoms with Gasteiger partial charge in [0.05, 0.1) is 6.54 Å². The van der Waals surface area contributed by atoms with Crippen molar-refractivity contribution in [2.45, 2.75) is 46.6 Å². The highest BCUT2D eigenvalue weighted by molar-refractivity contribution is 7.03. The van der Waals surface area contributed by atoms with Gasteiger partial charge >= 0.3 is 0 Å². The number of rotatable bonds is 6. The lowest BCUT2D eigenvalue weighted by atomic mass is 10.1. The van der Waals surface area contributed by atoms with Gasteiger partial charge < -0.3 is 10.2 Å². The van der Waals surface area contributed by atoms with Crippen LogP contribution < -0.4 is 5.32 Å². The summed E-state index contributed by atoms with van der Waals surface area (Å²) >= 11 is 1.13. The van der Waals surface area contributed by atoms with Crippen LogP contribution in [0.3, 0.4) is 0 Å². The Morgan fingerprint density at radius 1 is 1.38 bits per heavy atom. The standard InChI is InChI=1S/C14H24N4O2S/c1-10(2)6-7-18(8-12(19)15-14(3,4)5)13(20)11-9-21-17-16-11/h9-10H,6-8H2,1-5H3,(H,15,19). The Morgan fingerprint density at radius 2 is 2.05 bits per heavy atom. The van der Waals surface area contributed by atoms with Crippen molar-refractivity contribution in [2.75, 3.05) is 13.1 Å². The minimum absolute atomic E-state index is 0.0420. The lowest BCUT2D eigenvalue weighted by Crippen LogP contribution is -2.47. The highest BCUT2D eigenvalue weighted by Crippen LogP contribution is 2.08. The molecule has 7 heteroatoms. The van der Waals surface area contributed by atoms with Crippen molar-refractivity contribution in [3.63, 3.8) is 0 Å². The molecular formula is C14H24N4O2S. The molecule has 0 aromatic carbocycles. The molecular weight excluding hydrogens is 288 g/mol. The van der Waals surface area contributed by atoms with E-state index in [1.54, 1.807) is 5.38 Å². The number of aromatic nitrogens is 2. The Kier molecular flexibility index (Phi) is 6.26. The van der Waals surface area contributed by atoms with E-state index in [9.17, 15) is 9.59 Å². The zero-order chi connectivity index (χ0) is 16.0. The summed E-state index contributed by atoms with van der Waals surface area (Å²) in [6.45, 7) is 10.5. The molecule has 0 aliphatic carbocycles. The van der Waals surface area contributed by atoms with Crippen LogP contribution in [0.5, 0.6) is 0 Å². The lowest BCUT2D eigenvalue weighted by molar-refractivity contribution is -0.123. The second-order valence-electron chi connectivity index (χ2n) is 6.50. The fraction of sp³-hybridized carbons (Fsp3) is 0.714. The first-order chi connectivity index (χ1) is 9.69. The van der Waals surface area contributed by atoms with Crippen LogP contribution in [0.1, 0.15) is 51.5 Å². The normalized spacial score (nSPS) is 11.5. The molecule has 1 N–H and O–H groups in total. The second kappa shape index (κ2) is 7.49. The van der Waals surface area contributed by atoms with Gasteiger partial charge in [0, 0.05) is 17.5 Å². The summed E-state index contributed by atoms with van der Waals surface area (Å²) in [6.07, 6.45) is 0.839.